The lowest BCUT2D eigenvalue weighted by molar-refractivity contribution is -0.141. The first-order valence-electron chi connectivity index (χ1n) is 6.58. The van der Waals surface area contributed by atoms with Crippen molar-refractivity contribution in [1.82, 2.24) is 10.6 Å². The number of hydrogen-bond acceptors (Lipinski definition) is 2. The summed E-state index contributed by atoms with van der Waals surface area (Å²) in [7, 11) is 0. The maximum atomic E-state index is 11.6. The van der Waals surface area contributed by atoms with E-state index in [2.05, 4.69) is 10.6 Å². The van der Waals surface area contributed by atoms with Crippen LogP contribution < -0.4 is 10.6 Å². The van der Waals surface area contributed by atoms with Crippen molar-refractivity contribution in [2.24, 2.45) is 11.3 Å². The van der Waals surface area contributed by atoms with Crippen LogP contribution in [0.25, 0.3) is 0 Å². The molecule has 18 heavy (non-hydrogen) atoms. The highest BCUT2D eigenvalue weighted by Crippen LogP contribution is 2.28. The Balaban J connectivity index is 2.29. The summed E-state index contributed by atoms with van der Waals surface area (Å²) in [5.41, 5.74) is -0.503. The molecule has 1 atom stereocenters. The molecule has 0 spiro atoms. The lowest BCUT2D eigenvalue weighted by atomic mass is 9.83. The van der Waals surface area contributed by atoms with Crippen LogP contribution in [0.1, 0.15) is 46.5 Å². The zero-order valence-electron chi connectivity index (χ0n) is 11.5. The molecule has 0 unspecified atom stereocenters. The summed E-state index contributed by atoms with van der Waals surface area (Å²) in [6.07, 6.45) is 4.79. The van der Waals surface area contributed by atoms with E-state index in [1.54, 1.807) is 20.8 Å². The fourth-order valence-corrected chi connectivity index (χ4v) is 2.00. The molecule has 3 N–H and O–H groups in total. The van der Waals surface area contributed by atoms with Gasteiger partial charge in [0, 0.05) is 6.54 Å². The smallest absolute Gasteiger partial charge is 0.326 e. The topological polar surface area (TPSA) is 78.4 Å². The summed E-state index contributed by atoms with van der Waals surface area (Å²) < 4.78 is 0. The molecule has 0 bridgehead atoms. The van der Waals surface area contributed by atoms with Crippen molar-refractivity contribution >= 4 is 12.0 Å². The average Bonchev–Trinajstić information content (AvgIpc) is 2.16. The molecule has 0 aromatic carbocycles. The van der Waals surface area contributed by atoms with Gasteiger partial charge in [-0.15, -0.1) is 0 Å². The zero-order chi connectivity index (χ0) is 13.8. The van der Waals surface area contributed by atoms with E-state index < -0.39 is 23.5 Å². The van der Waals surface area contributed by atoms with Gasteiger partial charge in [0.1, 0.15) is 6.04 Å². The Morgan fingerprint density at radius 1 is 1.33 bits per heavy atom. The minimum Gasteiger partial charge on any atom is -0.480 e. The molecule has 5 heteroatoms. The van der Waals surface area contributed by atoms with Crippen molar-refractivity contribution in [3.8, 4) is 0 Å². The Hall–Kier alpha value is -1.26. The lowest BCUT2D eigenvalue weighted by Gasteiger charge is -2.28. The van der Waals surface area contributed by atoms with Crippen molar-refractivity contribution in [3.05, 3.63) is 0 Å². The highest BCUT2D eigenvalue weighted by atomic mass is 16.4. The van der Waals surface area contributed by atoms with E-state index in [4.69, 9.17) is 5.11 Å². The van der Waals surface area contributed by atoms with Crippen molar-refractivity contribution in [1.29, 1.82) is 0 Å². The van der Waals surface area contributed by atoms with Crippen LogP contribution in [-0.4, -0.2) is 29.7 Å². The van der Waals surface area contributed by atoms with E-state index in [0.717, 1.165) is 12.3 Å². The SMILES string of the molecule is CC(C)(C)[C@@H](NC(=O)NCCC1CCC1)C(=O)O. The van der Waals surface area contributed by atoms with Crippen molar-refractivity contribution in [2.75, 3.05) is 6.54 Å². The van der Waals surface area contributed by atoms with Gasteiger partial charge in [0.05, 0.1) is 0 Å². The molecule has 0 saturated heterocycles. The number of carboxylic acids is 1. The standard InChI is InChI=1S/C13H24N2O3/c1-13(2,3)10(11(16)17)15-12(18)14-8-7-9-5-4-6-9/h9-10H,4-8H2,1-3H3,(H,16,17)(H2,14,15,18)/t10-/m0/s1. The van der Waals surface area contributed by atoms with E-state index in [1.807, 2.05) is 0 Å². The minimum atomic E-state index is -1.00. The normalized spacial score (nSPS) is 17.7. The van der Waals surface area contributed by atoms with Crippen molar-refractivity contribution < 1.29 is 14.7 Å². The Morgan fingerprint density at radius 2 is 1.94 bits per heavy atom. The van der Waals surface area contributed by atoms with Gasteiger partial charge in [-0.05, 0) is 17.8 Å². The number of carboxylic acid groups (broad SMARTS) is 1. The number of carbonyl (C=O) groups excluding carboxylic acids is 1. The third-order valence-corrected chi connectivity index (χ3v) is 3.45. The fourth-order valence-electron chi connectivity index (χ4n) is 2.00. The fraction of sp³-hybridized carbons (Fsp3) is 0.846. The van der Waals surface area contributed by atoms with Gasteiger partial charge in [-0.25, -0.2) is 9.59 Å². The Morgan fingerprint density at radius 3 is 2.33 bits per heavy atom. The molecule has 0 radical (unpaired) electrons. The number of rotatable bonds is 5. The van der Waals surface area contributed by atoms with Crippen LogP contribution in [0, 0.1) is 11.3 Å². The monoisotopic (exact) mass is 256 g/mol. The first kappa shape index (κ1) is 14.8. The zero-order valence-corrected chi connectivity index (χ0v) is 11.5. The molecule has 0 aliphatic heterocycles. The molecule has 5 nitrogen and oxygen atoms in total. The second-order valence-electron chi connectivity index (χ2n) is 6.12. The minimum absolute atomic E-state index is 0.392. The van der Waals surface area contributed by atoms with Gasteiger partial charge >= 0.3 is 12.0 Å². The van der Waals surface area contributed by atoms with E-state index in [0.29, 0.717) is 6.54 Å². The molecule has 2 amide bonds. The van der Waals surface area contributed by atoms with E-state index >= 15 is 0 Å². The van der Waals surface area contributed by atoms with Crippen LogP contribution in [0.5, 0.6) is 0 Å². The molecule has 0 heterocycles. The van der Waals surface area contributed by atoms with Crippen molar-refractivity contribution in [3.63, 3.8) is 0 Å². The summed E-state index contributed by atoms with van der Waals surface area (Å²) in [4.78, 5) is 22.7. The third-order valence-electron chi connectivity index (χ3n) is 3.45. The molecule has 0 aromatic heterocycles. The number of urea groups is 1. The van der Waals surface area contributed by atoms with E-state index in [1.165, 1.54) is 19.3 Å². The largest absolute Gasteiger partial charge is 0.480 e. The molecule has 0 aromatic rings. The summed E-state index contributed by atoms with van der Waals surface area (Å²) in [5.74, 6) is -0.264. The molecule has 1 rings (SSSR count). The highest BCUT2D eigenvalue weighted by Gasteiger charge is 2.32. The van der Waals surface area contributed by atoms with Gasteiger partial charge in [0.15, 0.2) is 0 Å². The van der Waals surface area contributed by atoms with Crippen LogP contribution in [0.3, 0.4) is 0 Å². The highest BCUT2D eigenvalue weighted by molar-refractivity contribution is 5.83. The Labute approximate surface area is 108 Å². The Bertz CT molecular complexity index is 306. The van der Waals surface area contributed by atoms with Gasteiger partial charge in [-0.1, -0.05) is 40.0 Å². The van der Waals surface area contributed by atoms with Gasteiger partial charge in [0.25, 0.3) is 0 Å². The van der Waals surface area contributed by atoms with Gasteiger partial charge in [-0.2, -0.15) is 0 Å². The lowest BCUT2D eigenvalue weighted by Crippen LogP contribution is -2.52. The number of carbonyl (C=O) groups is 2. The number of amides is 2. The molecular formula is C13H24N2O3. The van der Waals surface area contributed by atoms with Crippen molar-refractivity contribution in [2.45, 2.75) is 52.5 Å². The maximum absolute atomic E-state index is 11.6. The quantitative estimate of drug-likeness (QED) is 0.703. The third kappa shape index (κ3) is 4.55. The van der Waals surface area contributed by atoms with Gasteiger partial charge in [0.2, 0.25) is 0 Å². The van der Waals surface area contributed by atoms with Crippen LogP contribution in [0.4, 0.5) is 4.79 Å². The number of nitrogens with one attached hydrogen (secondary N) is 2. The summed E-state index contributed by atoms with van der Waals surface area (Å²) in [6, 6.07) is -1.27. The summed E-state index contributed by atoms with van der Waals surface area (Å²) in [6.45, 7) is 5.99. The van der Waals surface area contributed by atoms with Gasteiger partial charge < -0.3 is 15.7 Å². The van der Waals surface area contributed by atoms with E-state index in [9.17, 15) is 9.59 Å². The molecule has 104 valence electrons. The average molecular weight is 256 g/mol. The number of aliphatic carboxylic acids is 1. The first-order chi connectivity index (χ1) is 8.30. The number of hydrogen-bond donors (Lipinski definition) is 3. The molecule has 1 fully saturated rings. The molecular weight excluding hydrogens is 232 g/mol. The summed E-state index contributed by atoms with van der Waals surface area (Å²) in [5, 5.41) is 14.3. The second-order valence-corrected chi connectivity index (χ2v) is 6.12. The van der Waals surface area contributed by atoms with E-state index in [-0.39, 0.29) is 0 Å². The predicted octanol–water partition coefficient (Wildman–Crippen LogP) is 1.98. The summed E-state index contributed by atoms with van der Waals surface area (Å²) >= 11 is 0. The second kappa shape index (κ2) is 6.07. The first-order valence-corrected chi connectivity index (χ1v) is 6.58. The predicted molar refractivity (Wildman–Crippen MR) is 69.4 cm³/mol. The van der Waals surface area contributed by atoms with Crippen LogP contribution >= 0.6 is 0 Å². The molecule has 1 aliphatic carbocycles. The van der Waals surface area contributed by atoms with Crippen LogP contribution in [-0.2, 0) is 4.79 Å². The van der Waals surface area contributed by atoms with Crippen LogP contribution in [0.2, 0.25) is 0 Å². The molecule has 1 aliphatic rings. The molecule has 1 saturated carbocycles. The van der Waals surface area contributed by atoms with Crippen LogP contribution in [0.15, 0.2) is 0 Å². The Kier molecular flexibility index (Phi) is 4.99. The van der Waals surface area contributed by atoms with Gasteiger partial charge in [-0.3, -0.25) is 0 Å². The maximum Gasteiger partial charge on any atom is 0.326 e.